The van der Waals surface area contributed by atoms with Gasteiger partial charge >= 0.3 is 0 Å². The Morgan fingerprint density at radius 3 is 2.83 bits per heavy atom. The fourth-order valence-corrected chi connectivity index (χ4v) is 2.83. The van der Waals surface area contributed by atoms with Gasteiger partial charge in [-0.25, -0.2) is 4.98 Å². The van der Waals surface area contributed by atoms with Crippen molar-refractivity contribution in [2.24, 2.45) is 5.73 Å². The molecule has 0 radical (unpaired) electrons. The van der Waals surface area contributed by atoms with Crippen LogP contribution in [0.1, 0.15) is 18.2 Å². The topological polar surface area (TPSA) is 52.5 Å². The molecule has 0 saturated carbocycles. The van der Waals surface area contributed by atoms with Crippen LogP contribution in [0.3, 0.4) is 0 Å². The second-order valence-electron chi connectivity index (χ2n) is 5.41. The quantitative estimate of drug-likeness (QED) is 0.729. The number of hydrogen-bond acceptors (Lipinski definition) is 3. The minimum Gasteiger partial charge on any atom is -0.493 e. The standard InChI is InChI=1S/C18H19N3OS/c1-3-22-15-7-5-4-6-13(15)18-14(11-16(19)23)21-9-8-12(2)10-17(21)20-18/h4-10H,3,11H2,1-2H3,(H2,19,23). The van der Waals surface area contributed by atoms with E-state index in [4.69, 9.17) is 27.7 Å². The minimum absolute atomic E-state index is 0.447. The molecular weight excluding hydrogens is 306 g/mol. The van der Waals surface area contributed by atoms with Gasteiger partial charge in [-0.1, -0.05) is 24.4 Å². The summed E-state index contributed by atoms with van der Waals surface area (Å²) >= 11 is 5.13. The lowest BCUT2D eigenvalue weighted by Crippen LogP contribution is -2.13. The van der Waals surface area contributed by atoms with E-state index in [0.717, 1.165) is 33.9 Å². The molecule has 3 rings (SSSR count). The molecule has 0 fully saturated rings. The lowest BCUT2D eigenvalue weighted by molar-refractivity contribution is 0.341. The van der Waals surface area contributed by atoms with Crippen molar-refractivity contribution in [3.8, 4) is 17.0 Å². The maximum Gasteiger partial charge on any atom is 0.137 e. The molecule has 2 N–H and O–H groups in total. The molecule has 4 nitrogen and oxygen atoms in total. The molecule has 0 aliphatic rings. The Balaban J connectivity index is 2.26. The van der Waals surface area contributed by atoms with Crippen LogP contribution in [0.2, 0.25) is 0 Å². The lowest BCUT2D eigenvalue weighted by atomic mass is 10.1. The van der Waals surface area contributed by atoms with Gasteiger partial charge in [0, 0.05) is 18.2 Å². The van der Waals surface area contributed by atoms with E-state index >= 15 is 0 Å². The van der Waals surface area contributed by atoms with E-state index in [0.29, 0.717) is 18.0 Å². The first-order valence-corrected chi connectivity index (χ1v) is 7.99. The molecule has 2 aromatic heterocycles. The second-order valence-corrected chi connectivity index (χ2v) is 5.94. The third kappa shape index (κ3) is 3.05. The fraction of sp³-hybridized carbons (Fsp3) is 0.222. The van der Waals surface area contributed by atoms with E-state index in [2.05, 4.69) is 19.1 Å². The molecule has 0 saturated heterocycles. The van der Waals surface area contributed by atoms with Crippen molar-refractivity contribution < 1.29 is 4.74 Å². The number of imidazole rings is 1. The van der Waals surface area contributed by atoms with Crippen LogP contribution in [-0.4, -0.2) is 21.0 Å². The lowest BCUT2D eigenvalue weighted by Gasteiger charge is -2.10. The molecule has 23 heavy (non-hydrogen) atoms. The number of fused-ring (bicyclic) bond motifs is 1. The summed E-state index contributed by atoms with van der Waals surface area (Å²) in [6.45, 7) is 4.63. The molecular formula is C18H19N3OS. The molecule has 2 heterocycles. The fourth-order valence-electron chi connectivity index (χ4n) is 2.69. The highest BCUT2D eigenvalue weighted by Crippen LogP contribution is 2.32. The second kappa shape index (κ2) is 6.38. The third-order valence-electron chi connectivity index (χ3n) is 3.66. The van der Waals surface area contributed by atoms with Crippen LogP contribution >= 0.6 is 12.2 Å². The molecule has 0 aliphatic carbocycles. The first kappa shape index (κ1) is 15.5. The Labute approximate surface area is 140 Å². The van der Waals surface area contributed by atoms with Crippen molar-refractivity contribution in [2.75, 3.05) is 6.61 Å². The number of para-hydroxylation sites is 1. The van der Waals surface area contributed by atoms with Gasteiger partial charge in [0.25, 0.3) is 0 Å². The zero-order valence-electron chi connectivity index (χ0n) is 13.2. The molecule has 5 heteroatoms. The van der Waals surface area contributed by atoms with Crippen molar-refractivity contribution >= 4 is 22.9 Å². The number of pyridine rings is 1. The number of rotatable bonds is 5. The van der Waals surface area contributed by atoms with Gasteiger partial charge in [0.2, 0.25) is 0 Å². The van der Waals surface area contributed by atoms with E-state index in [1.807, 2.05) is 41.8 Å². The zero-order valence-corrected chi connectivity index (χ0v) is 14.1. The number of thiocarbonyl (C=S) groups is 1. The highest BCUT2D eigenvalue weighted by atomic mass is 32.1. The van der Waals surface area contributed by atoms with Gasteiger partial charge in [-0.15, -0.1) is 0 Å². The predicted octanol–water partition coefficient (Wildman–Crippen LogP) is 3.54. The van der Waals surface area contributed by atoms with Gasteiger partial charge in [-0.2, -0.15) is 0 Å². The number of benzene rings is 1. The van der Waals surface area contributed by atoms with E-state index in [9.17, 15) is 0 Å². The SMILES string of the molecule is CCOc1ccccc1-c1nc2cc(C)ccn2c1CC(N)=S. The van der Waals surface area contributed by atoms with E-state index < -0.39 is 0 Å². The van der Waals surface area contributed by atoms with Crippen molar-refractivity contribution in [2.45, 2.75) is 20.3 Å². The zero-order chi connectivity index (χ0) is 16.4. The van der Waals surface area contributed by atoms with Gasteiger partial charge < -0.3 is 14.9 Å². The van der Waals surface area contributed by atoms with E-state index in [1.54, 1.807) is 0 Å². The summed E-state index contributed by atoms with van der Waals surface area (Å²) in [6.07, 6.45) is 2.51. The average molecular weight is 325 g/mol. The van der Waals surface area contributed by atoms with Crippen LogP contribution in [0, 0.1) is 6.92 Å². The smallest absolute Gasteiger partial charge is 0.137 e. The molecule has 1 aromatic carbocycles. The Morgan fingerprint density at radius 1 is 1.30 bits per heavy atom. The number of aromatic nitrogens is 2. The van der Waals surface area contributed by atoms with Gasteiger partial charge in [0.1, 0.15) is 11.4 Å². The highest BCUT2D eigenvalue weighted by molar-refractivity contribution is 7.80. The number of aryl methyl sites for hydroxylation is 1. The molecule has 0 unspecified atom stereocenters. The number of nitrogens with two attached hydrogens (primary N) is 1. The Bertz CT molecular complexity index is 870. The minimum atomic E-state index is 0.447. The van der Waals surface area contributed by atoms with Crippen molar-refractivity contribution in [3.63, 3.8) is 0 Å². The Kier molecular flexibility index (Phi) is 4.30. The molecule has 0 aliphatic heterocycles. The molecule has 0 atom stereocenters. The Morgan fingerprint density at radius 2 is 2.09 bits per heavy atom. The Hall–Kier alpha value is -2.40. The van der Waals surface area contributed by atoms with Gasteiger partial charge in [-0.3, -0.25) is 0 Å². The first-order valence-electron chi connectivity index (χ1n) is 7.58. The number of nitrogens with zero attached hydrogens (tertiary/aromatic N) is 2. The normalized spacial score (nSPS) is 10.9. The van der Waals surface area contributed by atoms with Crippen LogP contribution < -0.4 is 10.5 Å². The summed E-state index contributed by atoms with van der Waals surface area (Å²) in [5.74, 6) is 0.819. The molecule has 0 spiro atoms. The van der Waals surface area contributed by atoms with Crippen LogP contribution in [0.4, 0.5) is 0 Å². The summed E-state index contributed by atoms with van der Waals surface area (Å²) in [6, 6.07) is 12.0. The molecule has 3 aromatic rings. The summed E-state index contributed by atoms with van der Waals surface area (Å²) in [4.78, 5) is 5.25. The monoisotopic (exact) mass is 325 g/mol. The van der Waals surface area contributed by atoms with Crippen molar-refractivity contribution in [1.82, 2.24) is 9.38 Å². The van der Waals surface area contributed by atoms with Crippen LogP contribution in [0.15, 0.2) is 42.6 Å². The maximum absolute atomic E-state index is 5.81. The predicted molar refractivity (Wildman–Crippen MR) is 97.0 cm³/mol. The van der Waals surface area contributed by atoms with Crippen LogP contribution in [-0.2, 0) is 6.42 Å². The summed E-state index contributed by atoms with van der Waals surface area (Å²) < 4.78 is 7.80. The van der Waals surface area contributed by atoms with Gasteiger partial charge in [0.15, 0.2) is 0 Å². The number of hydrogen-bond donors (Lipinski definition) is 1. The van der Waals surface area contributed by atoms with Crippen molar-refractivity contribution in [3.05, 3.63) is 53.9 Å². The van der Waals surface area contributed by atoms with Gasteiger partial charge in [-0.05, 0) is 43.7 Å². The average Bonchev–Trinajstić information content (AvgIpc) is 2.85. The number of ether oxygens (including phenoxy) is 1. The third-order valence-corrected chi connectivity index (χ3v) is 3.81. The van der Waals surface area contributed by atoms with Gasteiger partial charge in [0.05, 0.1) is 23.0 Å². The van der Waals surface area contributed by atoms with Crippen LogP contribution in [0.5, 0.6) is 5.75 Å². The summed E-state index contributed by atoms with van der Waals surface area (Å²) in [7, 11) is 0. The molecule has 0 amide bonds. The van der Waals surface area contributed by atoms with E-state index in [-0.39, 0.29) is 0 Å². The molecule has 0 bridgehead atoms. The van der Waals surface area contributed by atoms with E-state index in [1.165, 1.54) is 0 Å². The highest BCUT2D eigenvalue weighted by Gasteiger charge is 2.17. The summed E-state index contributed by atoms with van der Waals surface area (Å²) in [5, 5.41) is 0. The van der Waals surface area contributed by atoms with Crippen LogP contribution in [0.25, 0.3) is 16.9 Å². The van der Waals surface area contributed by atoms with Crippen molar-refractivity contribution in [1.29, 1.82) is 0 Å². The molecule has 118 valence electrons. The summed E-state index contributed by atoms with van der Waals surface area (Å²) in [5.41, 5.74) is 10.7. The first-order chi connectivity index (χ1) is 11.1. The maximum atomic E-state index is 5.81. The largest absolute Gasteiger partial charge is 0.493 e.